The van der Waals surface area contributed by atoms with Gasteiger partial charge in [-0.15, -0.1) is 10.2 Å². The van der Waals surface area contributed by atoms with Crippen molar-refractivity contribution in [2.24, 2.45) is 7.05 Å². The molecule has 0 unspecified atom stereocenters. The van der Waals surface area contributed by atoms with Crippen LogP contribution in [0.1, 0.15) is 48.0 Å². The standard InChI is InChI=1S/C24H24FN5O2S/c1-29-22(32)19-11-10-16(21(31)26-18-8-3-2-4-9-18)13-20(19)30-23(29)27-28-24(30)33-14-15-6-5-7-17(25)12-15/h5-7,10-13,18H,2-4,8-9,14H2,1H3,(H,26,31). The lowest BCUT2D eigenvalue weighted by Gasteiger charge is -2.22. The van der Waals surface area contributed by atoms with Crippen LogP contribution in [0.4, 0.5) is 4.39 Å². The number of carbonyl (C=O) groups is 1. The zero-order valence-electron chi connectivity index (χ0n) is 18.3. The van der Waals surface area contributed by atoms with Gasteiger partial charge < -0.3 is 5.32 Å². The van der Waals surface area contributed by atoms with Gasteiger partial charge in [0.25, 0.3) is 11.5 Å². The van der Waals surface area contributed by atoms with Crippen LogP contribution in [0, 0.1) is 5.82 Å². The number of aromatic nitrogens is 4. The predicted octanol–water partition coefficient (Wildman–Crippen LogP) is 4.08. The lowest BCUT2D eigenvalue weighted by Crippen LogP contribution is -2.36. The van der Waals surface area contributed by atoms with E-state index < -0.39 is 0 Å². The quantitative estimate of drug-likeness (QED) is 0.449. The maximum absolute atomic E-state index is 13.6. The van der Waals surface area contributed by atoms with Crippen molar-refractivity contribution in [1.29, 1.82) is 0 Å². The number of nitrogens with one attached hydrogen (secondary N) is 1. The first-order valence-electron chi connectivity index (χ1n) is 11.1. The number of benzene rings is 2. The fraction of sp³-hybridized carbons (Fsp3) is 0.333. The molecule has 0 radical (unpaired) electrons. The van der Waals surface area contributed by atoms with Gasteiger partial charge in [0.1, 0.15) is 5.82 Å². The van der Waals surface area contributed by atoms with Gasteiger partial charge in [0, 0.05) is 24.4 Å². The fourth-order valence-corrected chi connectivity index (χ4v) is 5.27. The van der Waals surface area contributed by atoms with Crippen LogP contribution in [0.5, 0.6) is 0 Å². The molecule has 0 spiro atoms. The molecule has 1 N–H and O–H groups in total. The molecule has 9 heteroatoms. The van der Waals surface area contributed by atoms with Crippen LogP contribution in [0.25, 0.3) is 16.7 Å². The van der Waals surface area contributed by atoms with E-state index in [4.69, 9.17) is 0 Å². The molecule has 1 aliphatic rings. The number of amides is 1. The molecule has 0 saturated heterocycles. The summed E-state index contributed by atoms with van der Waals surface area (Å²) in [5, 5.41) is 12.7. The van der Waals surface area contributed by atoms with E-state index in [1.54, 1.807) is 35.7 Å². The minimum Gasteiger partial charge on any atom is -0.349 e. The van der Waals surface area contributed by atoms with E-state index >= 15 is 0 Å². The lowest BCUT2D eigenvalue weighted by molar-refractivity contribution is 0.0928. The second-order valence-corrected chi connectivity index (χ2v) is 9.38. The molecule has 1 saturated carbocycles. The topological polar surface area (TPSA) is 81.3 Å². The molecule has 2 heterocycles. The van der Waals surface area contributed by atoms with Crippen LogP contribution in [-0.4, -0.2) is 31.1 Å². The van der Waals surface area contributed by atoms with Crippen molar-refractivity contribution in [2.75, 3.05) is 0 Å². The van der Waals surface area contributed by atoms with Gasteiger partial charge in [-0.3, -0.25) is 18.6 Å². The van der Waals surface area contributed by atoms with E-state index in [-0.39, 0.29) is 23.3 Å². The molecule has 0 bridgehead atoms. The van der Waals surface area contributed by atoms with E-state index in [1.807, 2.05) is 6.07 Å². The fourth-order valence-electron chi connectivity index (χ4n) is 4.38. The second-order valence-electron chi connectivity index (χ2n) is 8.44. The minimum atomic E-state index is -0.291. The Kier molecular flexibility index (Phi) is 5.88. The van der Waals surface area contributed by atoms with E-state index in [1.165, 1.54) is 34.9 Å². The molecule has 1 amide bonds. The van der Waals surface area contributed by atoms with Crippen molar-refractivity contribution in [3.05, 3.63) is 69.8 Å². The Morgan fingerprint density at radius 1 is 1.15 bits per heavy atom. The first kappa shape index (κ1) is 21.6. The summed E-state index contributed by atoms with van der Waals surface area (Å²) in [6.45, 7) is 0. The molecule has 2 aromatic heterocycles. The second kappa shape index (κ2) is 8.97. The summed E-state index contributed by atoms with van der Waals surface area (Å²) in [5.74, 6) is 0.449. The monoisotopic (exact) mass is 465 g/mol. The summed E-state index contributed by atoms with van der Waals surface area (Å²) in [6, 6.07) is 11.7. The van der Waals surface area contributed by atoms with Crippen molar-refractivity contribution in [2.45, 2.75) is 49.1 Å². The molecule has 5 rings (SSSR count). The normalized spacial score (nSPS) is 14.7. The highest BCUT2D eigenvalue weighted by molar-refractivity contribution is 7.98. The Balaban J connectivity index is 1.53. The molecule has 1 aliphatic carbocycles. The third kappa shape index (κ3) is 4.25. The number of aryl methyl sites for hydroxylation is 1. The van der Waals surface area contributed by atoms with Crippen LogP contribution >= 0.6 is 11.8 Å². The third-order valence-corrected chi connectivity index (χ3v) is 7.15. The zero-order chi connectivity index (χ0) is 22.9. The van der Waals surface area contributed by atoms with Crippen molar-refractivity contribution in [3.63, 3.8) is 0 Å². The minimum absolute atomic E-state index is 0.139. The maximum Gasteiger partial charge on any atom is 0.262 e. The van der Waals surface area contributed by atoms with Gasteiger partial charge in [0.2, 0.25) is 5.78 Å². The Labute approximate surface area is 194 Å². The largest absolute Gasteiger partial charge is 0.349 e. The molecule has 1 fully saturated rings. The molecular weight excluding hydrogens is 441 g/mol. The molecule has 2 aromatic carbocycles. The van der Waals surface area contributed by atoms with E-state index in [0.29, 0.717) is 33.2 Å². The summed E-state index contributed by atoms with van der Waals surface area (Å²) >= 11 is 1.40. The zero-order valence-corrected chi connectivity index (χ0v) is 19.1. The van der Waals surface area contributed by atoms with Crippen molar-refractivity contribution >= 4 is 34.3 Å². The number of nitrogens with zero attached hydrogens (tertiary/aromatic N) is 4. The molecule has 0 atom stereocenters. The molecule has 7 nitrogen and oxygen atoms in total. The van der Waals surface area contributed by atoms with Crippen LogP contribution in [-0.2, 0) is 12.8 Å². The van der Waals surface area contributed by atoms with Crippen LogP contribution in [0.2, 0.25) is 0 Å². The Hall–Kier alpha value is -3.20. The van der Waals surface area contributed by atoms with E-state index in [0.717, 1.165) is 31.2 Å². The first-order chi connectivity index (χ1) is 16.0. The lowest BCUT2D eigenvalue weighted by atomic mass is 9.95. The van der Waals surface area contributed by atoms with Crippen molar-refractivity contribution in [3.8, 4) is 0 Å². The molecular formula is C24H24FN5O2S. The van der Waals surface area contributed by atoms with Gasteiger partial charge in [0.15, 0.2) is 5.16 Å². The van der Waals surface area contributed by atoms with Crippen LogP contribution < -0.4 is 10.9 Å². The highest BCUT2D eigenvalue weighted by Crippen LogP contribution is 2.25. The third-order valence-electron chi connectivity index (χ3n) is 6.15. The number of hydrogen-bond acceptors (Lipinski definition) is 5. The number of halogens is 1. The summed E-state index contributed by atoms with van der Waals surface area (Å²) in [5.41, 5.74) is 1.69. The number of fused-ring (bicyclic) bond motifs is 3. The summed E-state index contributed by atoms with van der Waals surface area (Å²) < 4.78 is 16.8. The number of carbonyl (C=O) groups excluding carboxylic acids is 1. The molecule has 4 aromatic rings. The molecule has 170 valence electrons. The Morgan fingerprint density at radius 2 is 1.97 bits per heavy atom. The smallest absolute Gasteiger partial charge is 0.262 e. The van der Waals surface area contributed by atoms with Gasteiger partial charge in [-0.25, -0.2) is 4.39 Å². The Bertz CT molecular complexity index is 1410. The predicted molar refractivity (Wildman–Crippen MR) is 126 cm³/mol. The van der Waals surface area contributed by atoms with Gasteiger partial charge >= 0.3 is 0 Å². The van der Waals surface area contributed by atoms with Crippen LogP contribution in [0.3, 0.4) is 0 Å². The van der Waals surface area contributed by atoms with E-state index in [2.05, 4.69) is 15.5 Å². The van der Waals surface area contributed by atoms with Gasteiger partial charge in [-0.2, -0.15) is 0 Å². The SMILES string of the molecule is Cn1c(=O)c2ccc(C(=O)NC3CCCCC3)cc2n2c(SCc3cccc(F)c3)nnc12. The van der Waals surface area contributed by atoms with Gasteiger partial charge in [-0.1, -0.05) is 43.2 Å². The molecule has 0 aliphatic heterocycles. The van der Waals surface area contributed by atoms with Crippen molar-refractivity contribution in [1.82, 2.24) is 24.5 Å². The number of thioether (sulfide) groups is 1. The highest BCUT2D eigenvalue weighted by atomic mass is 32.2. The van der Waals surface area contributed by atoms with Gasteiger partial charge in [-0.05, 0) is 48.7 Å². The average molecular weight is 466 g/mol. The maximum atomic E-state index is 13.6. The number of hydrogen-bond donors (Lipinski definition) is 1. The van der Waals surface area contributed by atoms with E-state index in [9.17, 15) is 14.0 Å². The average Bonchev–Trinajstić information content (AvgIpc) is 3.26. The van der Waals surface area contributed by atoms with Crippen LogP contribution in [0.15, 0.2) is 52.4 Å². The first-order valence-corrected chi connectivity index (χ1v) is 12.1. The van der Waals surface area contributed by atoms with Gasteiger partial charge in [0.05, 0.1) is 10.9 Å². The molecule has 33 heavy (non-hydrogen) atoms. The summed E-state index contributed by atoms with van der Waals surface area (Å²) in [4.78, 5) is 25.8. The number of rotatable bonds is 5. The summed E-state index contributed by atoms with van der Waals surface area (Å²) in [6.07, 6.45) is 5.47. The Morgan fingerprint density at radius 3 is 2.76 bits per heavy atom. The highest BCUT2D eigenvalue weighted by Gasteiger charge is 2.20. The van der Waals surface area contributed by atoms with Crippen molar-refractivity contribution < 1.29 is 9.18 Å². The summed E-state index contributed by atoms with van der Waals surface area (Å²) in [7, 11) is 1.65.